The number of benzene rings is 1. The Labute approximate surface area is 133 Å². The second-order valence-corrected chi connectivity index (χ2v) is 6.22. The normalized spacial score (nSPS) is 20.7. The van der Waals surface area contributed by atoms with Gasteiger partial charge in [-0.1, -0.05) is 12.1 Å². The van der Waals surface area contributed by atoms with Crippen molar-refractivity contribution in [3.8, 4) is 0 Å². The molecule has 1 aromatic rings. The third-order valence-corrected chi connectivity index (χ3v) is 4.37. The van der Waals surface area contributed by atoms with Gasteiger partial charge in [0.1, 0.15) is 11.9 Å². The smallest absolute Gasteiger partial charge is 0.289 e. The number of ketones is 1. The average molecular weight is 318 g/mol. The zero-order chi connectivity index (χ0) is 16.4. The number of hydrogen-bond acceptors (Lipinski definition) is 3. The minimum Gasteiger partial charge on any atom is -0.349 e. The fraction of sp³-hybridized carbons (Fsp3) is 0.471. The molecule has 1 aromatic carbocycles. The first-order valence-corrected chi connectivity index (χ1v) is 7.90. The molecule has 2 amide bonds. The van der Waals surface area contributed by atoms with Crippen LogP contribution in [0, 0.1) is 11.7 Å². The van der Waals surface area contributed by atoms with Gasteiger partial charge in [0.2, 0.25) is 11.7 Å². The lowest BCUT2D eigenvalue weighted by atomic mass is 10.1. The summed E-state index contributed by atoms with van der Waals surface area (Å²) in [6.45, 7) is 0.745. The Kier molecular flexibility index (Phi) is 4.41. The van der Waals surface area contributed by atoms with E-state index < -0.39 is 17.7 Å². The summed E-state index contributed by atoms with van der Waals surface area (Å²) in [6.07, 6.45) is 2.80. The molecule has 6 heteroatoms. The zero-order valence-corrected chi connectivity index (χ0v) is 12.8. The standard InChI is InChI=1S/C17H19FN2O3/c18-13-5-3-12(4-6-13)10-20-14(7-8-15(20)21)16(22)17(23)19-9-11-1-2-11/h3-6,11,14H,1-2,7-10H2,(H,19,23). The van der Waals surface area contributed by atoms with E-state index in [-0.39, 0.29) is 24.7 Å². The highest BCUT2D eigenvalue weighted by atomic mass is 19.1. The van der Waals surface area contributed by atoms with Gasteiger partial charge in [-0.05, 0) is 42.9 Å². The maximum absolute atomic E-state index is 13.0. The lowest BCUT2D eigenvalue weighted by molar-refractivity contribution is -0.143. The maximum Gasteiger partial charge on any atom is 0.289 e. The topological polar surface area (TPSA) is 66.5 Å². The number of carbonyl (C=O) groups excluding carboxylic acids is 3. The highest BCUT2D eigenvalue weighted by Gasteiger charge is 2.39. The molecule has 1 atom stereocenters. The Hall–Kier alpha value is -2.24. The largest absolute Gasteiger partial charge is 0.349 e. The van der Waals surface area contributed by atoms with Crippen LogP contribution in [0.3, 0.4) is 0 Å². The van der Waals surface area contributed by atoms with E-state index in [1.165, 1.54) is 17.0 Å². The molecule has 1 N–H and O–H groups in total. The van der Waals surface area contributed by atoms with Crippen LogP contribution in [0.2, 0.25) is 0 Å². The van der Waals surface area contributed by atoms with Gasteiger partial charge in [0.25, 0.3) is 5.91 Å². The molecule has 0 spiro atoms. The number of hydrogen-bond donors (Lipinski definition) is 1. The van der Waals surface area contributed by atoms with Crippen molar-refractivity contribution >= 4 is 17.6 Å². The predicted octanol–water partition coefficient (Wildman–Crippen LogP) is 1.41. The van der Waals surface area contributed by atoms with Crippen molar-refractivity contribution in [2.24, 2.45) is 5.92 Å². The van der Waals surface area contributed by atoms with Gasteiger partial charge < -0.3 is 10.2 Å². The van der Waals surface area contributed by atoms with Crippen LogP contribution in [0.4, 0.5) is 4.39 Å². The van der Waals surface area contributed by atoms with Crippen LogP contribution in [-0.4, -0.2) is 35.1 Å². The van der Waals surface area contributed by atoms with Crippen molar-refractivity contribution in [1.82, 2.24) is 10.2 Å². The summed E-state index contributed by atoms with van der Waals surface area (Å²) in [5, 5.41) is 2.65. The van der Waals surface area contributed by atoms with Gasteiger partial charge in [0, 0.05) is 19.5 Å². The first-order chi connectivity index (χ1) is 11.0. The number of rotatable bonds is 6. The molecular weight excluding hydrogens is 299 g/mol. The van der Waals surface area contributed by atoms with Crippen molar-refractivity contribution in [1.29, 1.82) is 0 Å². The molecule has 23 heavy (non-hydrogen) atoms. The van der Waals surface area contributed by atoms with Gasteiger partial charge in [-0.2, -0.15) is 0 Å². The summed E-state index contributed by atoms with van der Waals surface area (Å²) in [5.74, 6) is -1.18. The molecule has 1 aliphatic carbocycles. The average Bonchev–Trinajstić information content (AvgIpc) is 3.31. The van der Waals surface area contributed by atoms with Crippen LogP contribution in [0.1, 0.15) is 31.2 Å². The van der Waals surface area contributed by atoms with E-state index in [9.17, 15) is 18.8 Å². The molecule has 1 heterocycles. The van der Waals surface area contributed by atoms with Crippen molar-refractivity contribution < 1.29 is 18.8 Å². The second-order valence-electron chi connectivity index (χ2n) is 6.22. The van der Waals surface area contributed by atoms with Crippen LogP contribution < -0.4 is 5.32 Å². The maximum atomic E-state index is 13.0. The van der Waals surface area contributed by atoms with Crippen LogP contribution in [0.5, 0.6) is 0 Å². The van der Waals surface area contributed by atoms with Crippen LogP contribution >= 0.6 is 0 Å². The molecule has 1 saturated heterocycles. The number of likely N-dealkylation sites (tertiary alicyclic amines) is 1. The van der Waals surface area contributed by atoms with Gasteiger partial charge >= 0.3 is 0 Å². The van der Waals surface area contributed by atoms with Gasteiger partial charge in [0.05, 0.1) is 0 Å². The van der Waals surface area contributed by atoms with Gasteiger partial charge in [-0.3, -0.25) is 14.4 Å². The molecule has 3 rings (SSSR count). The highest BCUT2D eigenvalue weighted by molar-refractivity contribution is 6.38. The van der Waals surface area contributed by atoms with E-state index in [1.807, 2.05) is 0 Å². The summed E-state index contributed by atoms with van der Waals surface area (Å²) < 4.78 is 13.0. The van der Waals surface area contributed by atoms with Gasteiger partial charge in [-0.25, -0.2) is 4.39 Å². The van der Waals surface area contributed by atoms with E-state index in [0.29, 0.717) is 18.9 Å². The van der Waals surface area contributed by atoms with Gasteiger partial charge in [-0.15, -0.1) is 0 Å². The Morgan fingerprint density at radius 3 is 2.52 bits per heavy atom. The van der Waals surface area contributed by atoms with Crippen LogP contribution in [0.25, 0.3) is 0 Å². The van der Waals surface area contributed by atoms with Crippen molar-refractivity contribution in [2.45, 2.75) is 38.3 Å². The van der Waals surface area contributed by atoms with E-state index in [0.717, 1.165) is 18.4 Å². The number of halogens is 1. The number of carbonyl (C=O) groups is 3. The third-order valence-electron chi connectivity index (χ3n) is 4.37. The van der Waals surface area contributed by atoms with E-state index in [1.54, 1.807) is 12.1 Å². The minimum absolute atomic E-state index is 0.150. The van der Waals surface area contributed by atoms with Gasteiger partial charge in [0.15, 0.2) is 0 Å². The number of nitrogens with zero attached hydrogens (tertiary/aromatic N) is 1. The molecule has 5 nitrogen and oxygen atoms in total. The van der Waals surface area contributed by atoms with Crippen molar-refractivity contribution in [2.75, 3.05) is 6.54 Å². The Balaban J connectivity index is 1.64. The van der Waals surface area contributed by atoms with E-state index >= 15 is 0 Å². The lowest BCUT2D eigenvalue weighted by Gasteiger charge is -2.23. The third kappa shape index (κ3) is 3.75. The van der Waals surface area contributed by atoms with Crippen LogP contribution in [-0.2, 0) is 20.9 Å². The molecule has 2 aliphatic rings. The fourth-order valence-corrected chi connectivity index (χ4v) is 2.79. The predicted molar refractivity (Wildman–Crippen MR) is 80.7 cm³/mol. The highest BCUT2D eigenvalue weighted by Crippen LogP contribution is 2.27. The molecule has 0 bridgehead atoms. The van der Waals surface area contributed by atoms with Crippen molar-refractivity contribution in [3.63, 3.8) is 0 Å². The first kappa shape index (κ1) is 15.6. The molecule has 0 aromatic heterocycles. The van der Waals surface area contributed by atoms with E-state index in [2.05, 4.69) is 5.32 Å². The van der Waals surface area contributed by atoms with E-state index in [4.69, 9.17) is 0 Å². The second kappa shape index (κ2) is 6.48. The Bertz CT molecular complexity index is 625. The Morgan fingerprint density at radius 1 is 1.17 bits per heavy atom. The molecule has 2 fully saturated rings. The fourth-order valence-electron chi connectivity index (χ4n) is 2.79. The van der Waals surface area contributed by atoms with Crippen molar-refractivity contribution in [3.05, 3.63) is 35.6 Å². The summed E-state index contributed by atoms with van der Waals surface area (Å²) in [7, 11) is 0. The SMILES string of the molecule is O=C(NCC1CC1)C(=O)C1CCC(=O)N1Cc1ccc(F)cc1. The summed E-state index contributed by atoms with van der Waals surface area (Å²) >= 11 is 0. The number of amides is 2. The quantitative estimate of drug-likeness (QED) is 0.807. The molecule has 1 saturated carbocycles. The summed E-state index contributed by atoms with van der Waals surface area (Å²) in [4.78, 5) is 37.7. The lowest BCUT2D eigenvalue weighted by Crippen LogP contribution is -2.45. The minimum atomic E-state index is -0.716. The number of nitrogens with one attached hydrogen (secondary N) is 1. The molecular formula is C17H19FN2O3. The monoisotopic (exact) mass is 318 g/mol. The number of Topliss-reactive ketones (excluding diaryl/α,β-unsaturated/α-hetero) is 1. The zero-order valence-electron chi connectivity index (χ0n) is 12.8. The summed E-state index contributed by atoms with van der Waals surface area (Å²) in [5.41, 5.74) is 0.734. The molecule has 1 aliphatic heterocycles. The molecule has 122 valence electrons. The van der Waals surface area contributed by atoms with Crippen LogP contribution in [0.15, 0.2) is 24.3 Å². The first-order valence-electron chi connectivity index (χ1n) is 7.90. The summed E-state index contributed by atoms with van der Waals surface area (Å²) in [6, 6.07) is 5.07. The molecule has 0 radical (unpaired) electrons. The Morgan fingerprint density at radius 2 is 1.87 bits per heavy atom. The molecule has 1 unspecified atom stereocenters.